The zero-order valence-electron chi connectivity index (χ0n) is 8.45. The molecule has 1 aromatic carbocycles. The summed E-state index contributed by atoms with van der Waals surface area (Å²) in [6.07, 6.45) is 2.85. The second kappa shape index (κ2) is 3.29. The van der Waals surface area contributed by atoms with Crippen molar-refractivity contribution in [1.82, 2.24) is 4.90 Å². The molecule has 0 aromatic heterocycles. The first-order chi connectivity index (χ1) is 6.70. The number of rotatable bonds is 1. The standard InChI is InChI=1S/C12H13NO/c1-9-3-4-10-7-13(2)12(8-14)6-11(10)5-9/h3-6,8H,7H2,1-2H3. The van der Waals surface area contributed by atoms with Crippen LogP contribution < -0.4 is 0 Å². The molecule has 0 atom stereocenters. The van der Waals surface area contributed by atoms with Gasteiger partial charge in [-0.05, 0) is 24.1 Å². The minimum absolute atomic E-state index is 0.753. The summed E-state index contributed by atoms with van der Waals surface area (Å²) in [4.78, 5) is 12.7. The van der Waals surface area contributed by atoms with Crippen LogP contribution in [0.1, 0.15) is 16.7 Å². The van der Waals surface area contributed by atoms with Crippen molar-refractivity contribution in [2.75, 3.05) is 7.05 Å². The first-order valence-corrected chi connectivity index (χ1v) is 4.68. The number of aryl methyl sites for hydroxylation is 1. The van der Waals surface area contributed by atoms with E-state index in [9.17, 15) is 4.79 Å². The van der Waals surface area contributed by atoms with Crippen LogP contribution in [0.25, 0.3) is 6.08 Å². The Labute approximate surface area is 83.8 Å². The number of carbonyl (C=O) groups excluding carboxylic acids is 1. The summed E-state index contributed by atoms with van der Waals surface area (Å²) in [6.45, 7) is 2.88. The van der Waals surface area contributed by atoms with Gasteiger partial charge in [0.1, 0.15) is 0 Å². The normalized spacial score (nSPS) is 14.7. The van der Waals surface area contributed by atoms with Crippen LogP contribution in [0.5, 0.6) is 0 Å². The van der Waals surface area contributed by atoms with Gasteiger partial charge in [0.05, 0.1) is 5.70 Å². The largest absolute Gasteiger partial charge is 0.368 e. The molecule has 0 spiro atoms. The van der Waals surface area contributed by atoms with E-state index in [1.807, 2.05) is 18.0 Å². The van der Waals surface area contributed by atoms with Gasteiger partial charge in [-0.1, -0.05) is 23.8 Å². The van der Waals surface area contributed by atoms with E-state index >= 15 is 0 Å². The fourth-order valence-electron chi connectivity index (χ4n) is 1.73. The highest BCUT2D eigenvalue weighted by molar-refractivity contribution is 5.82. The summed E-state index contributed by atoms with van der Waals surface area (Å²) in [5, 5.41) is 0. The molecule has 0 radical (unpaired) electrons. The summed E-state index contributed by atoms with van der Waals surface area (Å²) in [5.74, 6) is 0. The van der Waals surface area contributed by atoms with Gasteiger partial charge in [-0.15, -0.1) is 0 Å². The van der Waals surface area contributed by atoms with Gasteiger partial charge < -0.3 is 4.90 Å². The maximum absolute atomic E-state index is 10.8. The van der Waals surface area contributed by atoms with E-state index in [1.165, 1.54) is 16.7 Å². The first-order valence-electron chi connectivity index (χ1n) is 4.68. The number of carbonyl (C=O) groups is 1. The molecular formula is C12H13NO. The van der Waals surface area contributed by atoms with Gasteiger partial charge in [0, 0.05) is 13.6 Å². The average Bonchev–Trinajstić information content (AvgIpc) is 2.17. The highest BCUT2D eigenvalue weighted by atomic mass is 16.1. The van der Waals surface area contributed by atoms with Crippen LogP contribution in [-0.2, 0) is 11.3 Å². The SMILES string of the molecule is Cc1ccc2c(c1)C=C(C=O)N(C)C2. The molecular weight excluding hydrogens is 174 g/mol. The Kier molecular flexibility index (Phi) is 2.12. The van der Waals surface area contributed by atoms with E-state index in [0.29, 0.717) is 0 Å². The Bertz CT molecular complexity index is 407. The molecule has 1 aliphatic rings. The fraction of sp³-hybridized carbons (Fsp3) is 0.250. The van der Waals surface area contributed by atoms with E-state index in [2.05, 4.69) is 25.1 Å². The molecule has 14 heavy (non-hydrogen) atoms. The second-order valence-electron chi connectivity index (χ2n) is 3.75. The fourth-order valence-corrected chi connectivity index (χ4v) is 1.73. The second-order valence-corrected chi connectivity index (χ2v) is 3.75. The predicted molar refractivity (Wildman–Crippen MR) is 56.7 cm³/mol. The van der Waals surface area contributed by atoms with E-state index in [-0.39, 0.29) is 0 Å². The maximum atomic E-state index is 10.8. The molecule has 1 heterocycles. The number of allylic oxidation sites excluding steroid dienone is 1. The predicted octanol–water partition coefficient (Wildman–Crippen LogP) is 1.98. The Morgan fingerprint density at radius 3 is 2.93 bits per heavy atom. The van der Waals surface area contributed by atoms with Crippen LogP contribution in [0, 0.1) is 6.92 Å². The molecule has 2 rings (SSSR count). The van der Waals surface area contributed by atoms with Crippen LogP contribution in [0.15, 0.2) is 23.9 Å². The number of hydrogen-bond acceptors (Lipinski definition) is 2. The zero-order chi connectivity index (χ0) is 10.1. The van der Waals surface area contributed by atoms with E-state index in [1.54, 1.807) is 0 Å². The summed E-state index contributed by atoms with van der Waals surface area (Å²) in [7, 11) is 1.93. The molecule has 1 aromatic rings. The van der Waals surface area contributed by atoms with E-state index in [4.69, 9.17) is 0 Å². The van der Waals surface area contributed by atoms with Crippen LogP contribution >= 0.6 is 0 Å². The summed E-state index contributed by atoms with van der Waals surface area (Å²) >= 11 is 0. The summed E-state index contributed by atoms with van der Waals surface area (Å²) < 4.78 is 0. The van der Waals surface area contributed by atoms with Crippen LogP contribution in [0.3, 0.4) is 0 Å². The van der Waals surface area contributed by atoms with Crippen LogP contribution in [-0.4, -0.2) is 18.2 Å². The van der Waals surface area contributed by atoms with E-state index in [0.717, 1.165) is 18.5 Å². The third-order valence-corrected chi connectivity index (χ3v) is 2.57. The number of benzene rings is 1. The Balaban J connectivity index is 2.51. The zero-order valence-corrected chi connectivity index (χ0v) is 8.45. The van der Waals surface area contributed by atoms with Crippen LogP contribution in [0.4, 0.5) is 0 Å². The summed E-state index contributed by atoms with van der Waals surface area (Å²) in [6, 6.07) is 6.34. The van der Waals surface area contributed by atoms with Gasteiger partial charge in [-0.3, -0.25) is 4.79 Å². The van der Waals surface area contributed by atoms with Crippen LogP contribution in [0.2, 0.25) is 0 Å². The van der Waals surface area contributed by atoms with Gasteiger partial charge in [0.15, 0.2) is 6.29 Å². The third-order valence-electron chi connectivity index (χ3n) is 2.57. The van der Waals surface area contributed by atoms with Crippen molar-refractivity contribution in [3.05, 3.63) is 40.6 Å². The van der Waals surface area contributed by atoms with Gasteiger partial charge in [-0.2, -0.15) is 0 Å². The van der Waals surface area contributed by atoms with Crippen molar-refractivity contribution in [3.63, 3.8) is 0 Å². The van der Waals surface area contributed by atoms with Gasteiger partial charge in [0.25, 0.3) is 0 Å². The Hall–Kier alpha value is -1.57. The highest BCUT2D eigenvalue weighted by Crippen LogP contribution is 2.23. The van der Waals surface area contributed by atoms with Crippen molar-refractivity contribution in [2.45, 2.75) is 13.5 Å². The van der Waals surface area contributed by atoms with Gasteiger partial charge in [-0.25, -0.2) is 0 Å². The van der Waals surface area contributed by atoms with Crippen molar-refractivity contribution in [1.29, 1.82) is 0 Å². The molecule has 0 N–H and O–H groups in total. The minimum atomic E-state index is 0.753. The minimum Gasteiger partial charge on any atom is -0.368 e. The lowest BCUT2D eigenvalue weighted by Crippen LogP contribution is -2.21. The summed E-state index contributed by atoms with van der Waals surface area (Å²) in [5.41, 5.74) is 4.44. The molecule has 1 aliphatic heterocycles. The molecule has 0 saturated carbocycles. The molecule has 0 saturated heterocycles. The molecule has 0 aliphatic carbocycles. The number of aldehydes is 1. The Morgan fingerprint density at radius 1 is 1.43 bits per heavy atom. The lowest BCUT2D eigenvalue weighted by atomic mass is 10.00. The van der Waals surface area contributed by atoms with Crippen molar-refractivity contribution in [3.8, 4) is 0 Å². The van der Waals surface area contributed by atoms with E-state index < -0.39 is 0 Å². The quantitative estimate of drug-likeness (QED) is 0.626. The molecule has 0 unspecified atom stereocenters. The van der Waals surface area contributed by atoms with Gasteiger partial charge in [0.2, 0.25) is 0 Å². The van der Waals surface area contributed by atoms with Crippen molar-refractivity contribution < 1.29 is 4.79 Å². The molecule has 0 amide bonds. The van der Waals surface area contributed by atoms with Crippen molar-refractivity contribution in [2.24, 2.45) is 0 Å². The third kappa shape index (κ3) is 1.43. The van der Waals surface area contributed by atoms with Crippen molar-refractivity contribution >= 4 is 12.4 Å². The van der Waals surface area contributed by atoms with Gasteiger partial charge >= 0.3 is 0 Å². The highest BCUT2D eigenvalue weighted by Gasteiger charge is 2.13. The average molecular weight is 187 g/mol. The maximum Gasteiger partial charge on any atom is 0.166 e. The Morgan fingerprint density at radius 2 is 2.21 bits per heavy atom. The monoisotopic (exact) mass is 187 g/mol. The molecule has 2 heteroatoms. The molecule has 0 fully saturated rings. The topological polar surface area (TPSA) is 20.3 Å². The molecule has 72 valence electrons. The molecule has 2 nitrogen and oxygen atoms in total. The number of hydrogen-bond donors (Lipinski definition) is 0. The number of fused-ring (bicyclic) bond motifs is 1. The number of likely N-dealkylation sites (N-methyl/N-ethyl adjacent to an activating group) is 1. The first kappa shape index (κ1) is 9.00. The smallest absolute Gasteiger partial charge is 0.166 e. The lowest BCUT2D eigenvalue weighted by molar-refractivity contribution is -0.106. The lowest BCUT2D eigenvalue weighted by Gasteiger charge is -2.25. The number of nitrogens with zero attached hydrogens (tertiary/aromatic N) is 1. The molecule has 0 bridgehead atoms.